The van der Waals surface area contributed by atoms with E-state index >= 15 is 0 Å². The number of nitrogens with two attached hydrogens (primary N) is 1. The van der Waals surface area contributed by atoms with Crippen LogP contribution in [0.1, 0.15) is 38.8 Å². The number of carboxylic acids is 1. The van der Waals surface area contributed by atoms with E-state index in [1.54, 1.807) is 70.2 Å². The quantitative estimate of drug-likeness (QED) is 0.180. The molecule has 13 nitrogen and oxygen atoms in total. The lowest BCUT2D eigenvalue weighted by Gasteiger charge is -2.38. The molecule has 2 unspecified atom stereocenters. The predicted molar refractivity (Wildman–Crippen MR) is 176 cm³/mol. The number of aromatic hydroxyl groups is 1. The molecule has 15 heteroatoms. The first-order chi connectivity index (χ1) is 21.5. The number of phenols is 1. The zero-order valence-electron chi connectivity index (χ0n) is 26.0. The number of carbonyl (C=O) groups is 5. The molecule has 2 aromatic carbocycles. The van der Waals surface area contributed by atoms with Gasteiger partial charge >= 0.3 is 5.97 Å². The first kappa shape index (κ1) is 36.7. The molecule has 1 aliphatic heterocycles. The molecule has 0 aliphatic carbocycles. The Morgan fingerprint density at radius 1 is 0.848 bits per heavy atom. The van der Waals surface area contributed by atoms with E-state index in [1.165, 1.54) is 12.1 Å². The van der Waals surface area contributed by atoms with Crippen molar-refractivity contribution in [2.45, 2.75) is 80.2 Å². The number of aliphatic hydroxyl groups is 1. The van der Waals surface area contributed by atoms with Gasteiger partial charge in [0.25, 0.3) is 0 Å². The maximum absolute atomic E-state index is 13.8. The summed E-state index contributed by atoms with van der Waals surface area (Å²) in [7, 11) is 2.22. The number of nitrogens with one attached hydrogen (secondary N) is 4. The molecule has 9 N–H and O–H groups in total. The van der Waals surface area contributed by atoms with Crippen molar-refractivity contribution >= 4 is 51.2 Å². The zero-order valence-corrected chi connectivity index (χ0v) is 27.6. The summed E-state index contributed by atoms with van der Waals surface area (Å²) in [6.07, 6.45) is 0.101. The van der Waals surface area contributed by atoms with Gasteiger partial charge in [0, 0.05) is 11.2 Å². The van der Waals surface area contributed by atoms with Gasteiger partial charge in [0.1, 0.15) is 29.9 Å². The Hall–Kier alpha value is -3.79. The predicted octanol–water partition coefficient (Wildman–Crippen LogP) is 0.473. The lowest BCUT2D eigenvalue weighted by atomic mass is 9.99. The highest BCUT2D eigenvalue weighted by Crippen LogP contribution is 2.46. The minimum atomic E-state index is -1.51. The van der Waals surface area contributed by atoms with Crippen LogP contribution in [0.3, 0.4) is 0 Å². The highest BCUT2D eigenvalue weighted by molar-refractivity contribution is 8.77. The smallest absolute Gasteiger partial charge is 0.327 e. The van der Waals surface area contributed by atoms with Crippen molar-refractivity contribution in [1.29, 1.82) is 0 Å². The summed E-state index contributed by atoms with van der Waals surface area (Å²) in [6.45, 7) is 5.73. The molecule has 2 aromatic rings. The van der Waals surface area contributed by atoms with Gasteiger partial charge in [0.05, 0.1) is 17.4 Å². The lowest BCUT2D eigenvalue weighted by molar-refractivity contribution is -0.143. The number of aliphatic carboxylic acids is 1. The van der Waals surface area contributed by atoms with Crippen LogP contribution in [0, 0.1) is 0 Å². The average Bonchev–Trinajstić information content (AvgIpc) is 3.00. The second kappa shape index (κ2) is 15.7. The molecule has 0 aromatic heterocycles. The topological polar surface area (TPSA) is 220 Å². The number of phenolic OH excluding ortho intramolecular Hbond substituents is 1. The van der Waals surface area contributed by atoms with Crippen LogP contribution >= 0.6 is 21.6 Å². The Labute approximate surface area is 275 Å². The fourth-order valence-corrected chi connectivity index (χ4v) is 7.46. The molecule has 4 amide bonds. The van der Waals surface area contributed by atoms with E-state index in [1.807, 2.05) is 0 Å². The Balaban J connectivity index is 1.96. The van der Waals surface area contributed by atoms with E-state index in [9.17, 15) is 39.3 Å². The Morgan fingerprint density at radius 3 is 2.00 bits per heavy atom. The van der Waals surface area contributed by atoms with Crippen molar-refractivity contribution in [2.75, 3.05) is 6.61 Å². The van der Waals surface area contributed by atoms with Crippen molar-refractivity contribution < 1.29 is 39.3 Å². The summed E-state index contributed by atoms with van der Waals surface area (Å²) in [5.41, 5.74) is 7.53. The first-order valence-electron chi connectivity index (χ1n) is 14.5. The highest BCUT2D eigenvalue weighted by Gasteiger charge is 2.45. The maximum Gasteiger partial charge on any atom is 0.327 e. The van der Waals surface area contributed by atoms with Gasteiger partial charge in [-0.3, -0.25) is 19.2 Å². The number of hydrogen-bond donors (Lipinski definition) is 8. The van der Waals surface area contributed by atoms with Gasteiger partial charge in [-0.1, -0.05) is 64.1 Å². The molecule has 5 atom stereocenters. The van der Waals surface area contributed by atoms with Crippen LogP contribution in [-0.4, -0.2) is 91.2 Å². The van der Waals surface area contributed by atoms with Gasteiger partial charge in [0.2, 0.25) is 23.6 Å². The SMILES string of the molecule is CC1(C)SSC(C)(C)[C@@H](NC(=O)[C@@H](N)Cc2ccc(O)cc2)C(=O)N[C@@H](CO)C(=O)NC(Cc2ccccc2)C(=O)NC1C(=O)O. The highest BCUT2D eigenvalue weighted by atomic mass is 33.1. The minimum Gasteiger partial charge on any atom is -0.508 e. The normalized spacial score (nSPS) is 24.3. The molecule has 250 valence electrons. The van der Waals surface area contributed by atoms with Crippen molar-refractivity contribution in [2.24, 2.45) is 5.73 Å². The number of hydrogen-bond acceptors (Lipinski definition) is 10. The van der Waals surface area contributed by atoms with E-state index in [0.717, 1.165) is 21.6 Å². The zero-order chi connectivity index (χ0) is 34.2. The standard InChI is InChI=1S/C31H41N5O8S2/c1-30(2)23(35-25(39)20(32)14-18-10-12-19(38)13-11-18)28(42)34-22(16-37)27(41)33-21(15-17-8-6-5-7-9-17)26(40)36-24(29(43)44)31(3,4)46-45-30/h5-13,20-24,37-38H,14-16,32H2,1-4H3,(H,33,41)(H,34,42)(H,35,39)(H,36,40)(H,43,44)/t20-,21?,22-,23-,24?/m0/s1. The Bertz CT molecular complexity index is 1410. The molecular weight excluding hydrogens is 635 g/mol. The van der Waals surface area contributed by atoms with Gasteiger partial charge < -0.3 is 42.3 Å². The summed E-state index contributed by atoms with van der Waals surface area (Å²) in [5.74, 6) is -4.37. The Morgan fingerprint density at radius 2 is 1.41 bits per heavy atom. The van der Waals surface area contributed by atoms with Crippen LogP contribution in [0.25, 0.3) is 0 Å². The van der Waals surface area contributed by atoms with Crippen molar-refractivity contribution in [1.82, 2.24) is 21.3 Å². The monoisotopic (exact) mass is 675 g/mol. The molecule has 1 saturated heterocycles. The summed E-state index contributed by atoms with van der Waals surface area (Å²) in [4.78, 5) is 66.3. The van der Waals surface area contributed by atoms with Crippen LogP contribution in [0.15, 0.2) is 54.6 Å². The number of carboxylic acid groups (broad SMARTS) is 1. The van der Waals surface area contributed by atoms with Crippen LogP contribution in [-0.2, 0) is 36.8 Å². The molecule has 1 heterocycles. The van der Waals surface area contributed by atoms with Crippen LogP contribution < -0.4 is 27.0 Å². The van der Waals surface area contributed by atoms with Crippen molar-refractivity contribution in [3.05, 3.63) is 65.7 Å². The third kappa shape index (κ3) is 9.85. The summed E-state index contributed by atoms with van der Waals surface area (Å²) >= 11 is 0. The van der Waals surface area contributed by atoms with E-state index in [4.69, 9.17) is 5.73 Å². The van der Waals surface area contributed by atoms with E-state index in [0.29, 0.717) is 11.1 Å². The lowest BCUT2D eigenvalue weighted by Crippen LogP contribution is -2.64. The summed E-state index contributed by atoms with van der Waals surface area (Å²) in [6, 6.07) is 8.34. The fourth-order valence-electron chi connectivity index (χ4n) is 4.65. The van der Waals surface area contributed by atoms with Crippen LogP contribution in [0.5, 0.6) is 5.75 Å². The third-order valence-electron chi connectivity index (χ3n) is 7.40. The largest absolute Gasteiger partial charge is 0.508 e. The second-order valence-corrected chi connectivity index (χ2v) is 15.5. The minimum absolute atomic E-state index is 0.00377. The molecule has 3 rings (SSSR count). The summed E-state index contributed by atoms with van der Waals surface area (Å²) < 4.78 is -2.29. The number of carbonyl (C=O) groups excluding carboxylic acids is 4. The molecular formula is C31H41N5O8S2. The average molecular weight is 676 g/mol. The van der Waals surface area contributed by atoms with E-state index < -0.39 is 75.9 Å². The molecule has 0 spiro atoms. The number of aliphatic hydroxyl groups excluding tert-OH is 1. The van der Waals surface area contributed by atoms with Gasteiger partial charge in [-0.15, -0.1) is 0 Å². The molecule has 46 heavy (non-hydrogen) atoms. The van der Waals surface area contributed by atoms with Crippen molar-refractivity contribution in [3.8, 4) is 5.75 Å². The molecule has 0 saturated carbocycles. The fraction of sp³-hybridized carbons (Fsp3) is 0.452. The van der Waals surface area contributed by atoms with E-state index in [2.05, 4.69) is 21.3 Å². The third-order valence-corrected chi connectivity index (χ3v) is 11.6. The summed E-state index contributed by atoms with van der Waals surface area (Å²) in [5, 5.41) is 40.1. The van der Waals surface area contributed by atoms with Crippen LogP contribution in [0.4, 0.5) is 0 Å². The second-order valence-electron chi connectivity index (χ2n) is 12.1. The first-order valence-corrected chi connectivity index (χ1v) is 16.7. The molecule has 1 aliphatic rings. The van der Waals surface area contributed by atoms with Gasteiger partial charge in [-0.05, 0) is 57.4 Å². The van der Waals surface area contributed by atoms with Gasteiger partial charge in [0.15, 0.2) is 0 Å². The number of benzene rings is 2. The molecule has 1 fully saturated rings. The van der Waals surface area contributed by atoms with Crippen LogP contribution in [0.2, 0.25) is 0 Å². The Kier molecular flexibility index (Phi) is 12.5. The number of amides is 4. The number of rotatable bonds is 8. The van der Waals surface area contributed by atoms with Gasteiger partial charge in [-0.2, -0.15) is 0 Å². The van der Waals surface area contributed by atoms with Crippen molar-refractivity contribution in [3.63, 3.8) is 0 Å². The maximum atomic E-state index is 13.8. The van der Waals surface area contributed by atoms with E-state index in [-0.39, 0.29) is 18.6 Å². The molecule has 0 bridgehead atoms. The molecule has 0 radical (unpaired) electrons. The van der Waals surface area contributed by atoms with Gasteiger partial charge in [-0.25, -0.2) is 4.79 Å².